The van der Waals surface area contributed by atoms with E-state index in [0.29, 0.717) is 6.42 Å². The molecule has 0 aliphatic carbocycles. The van der Waals surface area contributed by atoms with Gasteiger partial charge < -0.3 is 64.2 Å². The van der Waals surface area contributed by atoms with Crippen molar-refractivity contribution in [3.8, 4) is 0 Å². The number of ether oxygens (including phenoxy) is 6. The number of allylic oxidation sites excluding steroid dienone is 4. The zero-order chi connectivity index (χ0) is 38.3. The lowest BCUT2D eigenvalue weighted by molar-refractivity contribution is -0.332. The average molecular weight is 749 g/mol. The number of carbonyl (C=O) groups excluding carboxylic acids is 2. The largest absolute Gasteiger partial charge is 0.462 e. The third-order valence-electron chi connectivity index (χ3n) is 8.99. The average Bonchev–Trinajstić information content (AvgIpc) is 3.12. The molecule has 0 spiro atoms. The van der Waals surface area contributed by atoms with Crippen LogP contribution >= 0.6 is 0 Å². The maximum Gasteiger partial charge on any atom is 0.306 e. The van der Waals surface area contributed by atoms with Gasteiger partial charge in [-0.1, -0.05) is 76.2 Å². The van der Waals surface area contributed by atoms with Gasteiger partial charge in [-0.15, -0.1) is 0 Å². The first-order valence-electron chi connectivity index (χ1n) is 18.9. The Balaban J connectivity index is 1.71. The fraction of sp³-hybridized carbons (Fsp3) is 0.838. The van der Waals surface area contributed by atoms with Crippen LogP contribution < -0.4 is 0 Å². The minimum atomic E-state index is -1.76. The van der Waals surface area contributed by atoms with Crippen LogP contribution in [-0.4, -0.2) is 142 Å². The first kappa shape index (κ1) is 46.1. The molecule has 15 heteroatoms. The van der Waals surface area contributed by atoms with Gasteiger partial charge in [-0.3, -0.25) is 9.59 Å². The van der Waals surface area contributed by atoms with Crippen LogP contribution in [0.2, 0.25) is 0 Å². The van der Waals surface area contributed by atoms with E-state index in [1.165, 1.54) is 32.6 Å². The van der Waals surface area contributed by atoms with Crippen LogP contribution in [0.4, 0.5) is 0 Å². The summed E-state index contributed by atoms with van der Waals surface area (Å²) >= 11 is 0. The fourth-order valence-electron chi connectivity index (χ4n) is 5.79. The number of hydrogen-bond acceptors (Lipinski definition) is 15. The summed E-state index contributed by atoms with van der Waals surface area (Å²) < 4.78 is 32.4. The number of carbonyl (C=O) groups is 2. The molecule has 0 bridgehead atoms. The van der Waals surface area contributed by atoms with Crippen molar-refractivity contribution < 1.29 is 73.8 Å². The quantitative estimate of drug-likeness (QED) is 0.0379. The Morgan fingerprint density at radius 2 is 1.19 bits per heavy atom. The Hall–Kier alpha value is -2.02. The molecule has 2 fully saturated rings. The smallest absolute Gasteiger partial charge is 0.306 e. The molecule has 11 unspecified atom stereocenters. The lowest BCUT2D eigenvalue weighted by Crippen LogP contribution is -2.61. The molecule has 2 saturated heterocycles. The molecule has 7 N–H and O–H groups in total. The Bertz CT molecular complexity index is 1020. The Morgan fingerprint density at radius 3 is 1.79 bits per heavy atom. The Kier molecular flexibility index (Phi) is 23.7. The maximum atomic E-state index is 12.6. The van der Waals surface area contributed by atoms with E-state index in [1.54, 1.807) is 0 Å². The molecule has 2 heterocycles. The summed E-state index contributed by atoms with van der Waals surface area (Å²) in [6, 6.07) is 0. The van der Waals surface area contributed by atoms with Crippen LogP contribution in [0.5, 0.6) is 0 Å². The summed E-state index contributed by atoms with van der Waals surface area (Å²) in [6.07, 6.45) is 6.36. The van der Waals surface area contributed by atoms with Gasteiger partial charge in [-0.25, -0.2) is 0 Å². The van der Waals surface area contributed by atoms with Gasteiger partial charge in [0, 0.05) is 13.3 Å². The SMILES string of the molecule is CCCCC/C=C\C/C=C\CCCCCCCCCC(=O)OC(COC(C)=O)COC1OC(COC2OC(CO)C(O)C(O)C2O)C(O)C(O)C1O. The molecule has 2 aliphatic rings. The topological polar surface area (TPSA) is 231 Å². The molecule has 0 aromatic rings. The molecule has 0 amide bonds. The summed E-state index contributed by atoms with van der Waals surface area (Å²) in [6.45, 7) is 1.47. The van der Waals surface area contributed by atoms with Crippen molar-refractivity contribution in [1.82, 2.24) is 0 Å². The molecule has 2 rings (SSSR count). The van der Waals surface area contributed by atoms with Crippen molar-refractivity contribution in [3.63, 3.8) is 0 Å². The van der Waals surface area contributed by atoms with Crippen molar-refractivity contribution in [2.45, 2.75) is 171 Å². The van der Waals surface area contributed by atoms with E-state index in [0.717, 1.165) is 51.4 Å². The second-order valence-corrected chi connectivity index (χ2v) is 13.5. The maximum absolute atomic E-state index is 12.6. The minimum absolute atomic E-state index is 0.152. The normalized spacial score (nSPS) is 30.2. The van der Waals surface area contributed by atoms with E-state index >= 15 is 0 Å². The van der Waals surface area contributed by atoms with E-state index in [9.17, 15) is 45.3 Å². The van der Waals surface area contributed by atoms with Gasteiger partial charge in [0.05, 0.1) is 19.8 Å². The van der Waals surface area contributed by atoms with Gasteiger partial charge in [0.1, 0.15) is 55.4 Å². The lowest BCUT2D eigenvalue weighted by atomic mass is 9.98. The Morgan fingerprint density at radius 1 is 0.654 bits per heavy atom. The van der Waals surface area contributed by atoms with E-state index < -0.39 is 99.3 Å². The van der Waals surface area contributed by atoms with Crippen LogP contribution in [0.25, 0.3) is 0 Å². The van der Waals surface area contributed by atoms with Crippen LogP contribution in [-0.2, 0) is 38.0 Å². The van der Waals surface area contributed by atoms with Crippen molar-refractivity contribution in [2.24, 2.45) is 0 Å². The minimum Gasteiger partial charge on any atom is -0.462 e. The summed E-state index contributed by atoms with van der Waals surface area (Å²) in [7, 11) is 0. The predicted octanol–water partition coefficient (Wildman–Crippen LogP) is 1.70. The monoisotopic (exact) mass is 748 g/mol. The highest BCUT2D eigenvalue weighted by Crippen LogP contribution is 2.26. The summed E-state index contributed by atoms with van der Waals surface area (Å²) in [5, 5.41) is 70.9. The zero-order valence-electron chi connectivity index (χ0n) is 30.8. The molecular formula is C37H64O15. The van der Waals surface area contributed by atoms with E-state index in [1.807, 2.05) is 0 Å². The summed E-state index contributed by atoms with van der Waals surface area (Å²) in [5.74, 6) is -1.13. The summed E-state index contributed by atoms with van der Waals surface area (Å²) in [4.78, 5) is 24.0. The molecule has 0 aromatic carbocycles. The van der Waals surface area contributed by atoms with Crippen LogP contribution in [0.15, 0.2) is 24.3 Å². The second-order valence-electron chi connectivity index (χ2n) is 13.5. The van der Waals surface area contributed by atoms with Crippen LogP contribution in [0, 0.1) is 0 Å². The fourth-order valence-corrected chi connectivity index (χ4v) is 5.79. The van der Waals surface area contributed by atoms with Crippen molar-refractivity contribution in [2.75, 3.05) is 26.4 Å². The number of esters is 2. The molecular weight excluding hydrogens is 684 g/mol. The predicted molar refractivity (Wildman–Crippen MR) is 187 cm³/mol. The van der Waals surface area contributed by atoms with Gasteiger partial charge in [0.2, 0.25) is 0 Å². The molecule has 0 aromatic heterocycles. The van der Waals surface area contributed by atoms with Crippen molar-refractivity contribution in [1.29, 1.82) is 0 Å². The van der Waals surface area contributed by atoms with Gasteiger partial charge in [0.15, 0.2) is 18.7 Å². The third-order valence-corrected chi connectivity index (χ3v) is 8.99. The first-order valence-corrected chi connectivity index (χ1v) is 18.9. The van der Waals surface area contributed by atoms with E-state index in [-0.39, 0.29) is 13.0 Å². The molecule has 0 saturated carbocycles. The second kappa shape index (κ2) is 26.7. The number of rotatable bonds is 26. The van der Waals surface area contributed by atoms with E-state index in [4.69, 9.17) is 28.4 Å². The molecule has 2 aliphatic heterocycles. The molecule has 11 atom stereocenters. The Labute approximate surface area is 307 Å². The van der Waals surface area contributed by atoms with Gasteiger partial charge in [-0.05, 0) is 38.5 Å². The summed E-state index contributed by atoms with van der Waals surface area (Å²) in [5.41, 5.74) is 0. The number of aliphatic hydroxyl groups excluding tert-OH is 7. The van der Waals surface area contributed by atoms with E-state index in [2.05, 4.69) is 31.2 Å². The van der Waals surface area contributed by atoms with Crippen molar-refractivity contribution >= 4 is 11.9 Å². The molecule has 302 valence electrons. The van der Waals surface area contributed by atoms with Crippen LogP contribution in [0.1, 0.15) is 104 Å². The zero-order valence-corrected chi connectivity index (χ0v) is 30.8. The number of aliphatic hydroxyl groups is 7. The standard InChI is InChI=1S/C37H64O15/c1-3-4-5-6-7-8-9-10-11-12-13-14-15-16-17-18-19-20-29(40)50-26(22-47-25(2)39)23-48-36-35(46)33(44)31(42)28(52-36)24-49-37-34(45)32(43)30(41)27(21-38)51-37/h7-8,10-11,26-28,30-38,41-46H,3-6,9,12-24H2,1-2H3/b8-7-,11-10-. The highest BCUT2D eigenvalue weighted by molar-refractivity contribution is 5.69. The highest BCUT2D eigenvalue weighted by Gasteiger charge is 2.47. The lowest BCUT2D eigenvalue weighted by Gasteiger charge is -2.42. The first-order chi connectivity index (χ1) is 25.0. The molecule has 52 heavy (non-hydrogen) atoms. The van der Waals surface area contributed by atoms with Gasteiger partial charge in [0.25, 0.3) is 0 Å². The van der Waals surface area contributed by atoms with Crippen LogP contribution in [0.3, 0.4) is 0 Å². The molecule has 15 nitrogen and oxygen atoms in total. The van der Waals surface area contributed by atoms with Gasteiger partial charge >= 0.3 is 11.9 Å². The number of unbranched alkanes of at least 4 members (excludes halogenated alkanes) is 10. The van der Waals surface area contributed by atoms with Crippen molar-refractivity contribution in [3.05, 3.63) is 24.3 Å². The molecule has 0 radical (unpaired) electrons. The third kappa shape index (κ3) is 17.4. The number of hydrogen-bond donors (Lipinski definition) is 7. The van der Waals surface area contributed by atoms with Gasteiger partial charge in [-0.2, -0.15) is 0 Å². The highest BCUT2D eigenvalue weighted by atomic mass is 16.7.